The highest BCUT2D eigenvalue weighted by molar-refractivity contribution is 5.53. The molecule has 2 heteroatoms. The number of aryl methyl sites for hydroxylation is 1. The van der Waals surface area contributed by atoms with Crippen molar-refractivity contribution in [1.82, 2.24) is 0 Å². The van der Waals surface area contributed by atoms with Crippen LogP contribution in [0.1, 0.15) is 24.0 Å². The molecule has 2 heterocycles. The van der Waals surface area contributed by atoms with E-state index in [9.17, 15) is 0 Å². The van der Waals surface area contributed by atoms with Crippen LogP contribution in [0, 0.1) is 0 Å². The molecule has 0 aliphatic carbocycles. The zero-order valence-electron chi connectivity index (χ0n) is 11.5. The molecule has 20 heavy (non-hydrogen) atoms. The Bertz CT molecular complexity index is 597. The van der Waals surface area contributed by atoms with Gasteiger partial charge in [0.25, 0.3) is 0 Å². The van der Waals surface area contributed by atoms with Crippen LogP contribution in [-0.4, -0.2) is 12.1 Å². The molecule has 2 atom stereocenters. The first-order chi connectivity index (χ1) is 9.88. The van der Waals surface area contributed by atoms with E-state index in [-0.39, 0.29) is 0 Å². The van der Waals surface area contributed by atoms with Crippen molar-refractivity contribution in [2.24, 2.45) is 0 Å². The summed E-state index contributed by atoms with van der Waals surface area (Å²) >= 11 is 0. The molecule has 0 radical (unpaired) electrons. The summed E-state index contributed by atoms with van der Waals surface area (Å²) in [5.41, 5.74) is 4.10. The van der Waals surface area contributed by atoms with Crippen molar-refractivity contribution in [2.45, 2.75) is 37.8 Å². The molecule has 2 nitrogen and oxygen atoms in total. The van der Waals surface area contributed by atoms with Crippen LogP contribution in [0.4, 0.5) is 5.69 Å². The average Bonchev–Trinajstić information content (AvgIpc) is 2.89. The smallest absolute Gasteiger partial charge is 0.123 e. The summed E-state index contributed by atoms with van der Waals surface area (Å²) in [5, 5.41) is 3.67. The molecule has 2 aromatic carbocycles. The third-order valence-electron chi connectivity index (χ3n) is 4.40. The third-order valence-corrected chi connectivity index (χ3v) is 4.40. The summed E-state index contributed by atoms with van der Waals surface area (Å²) in [7, 11) is 0. The molecule has 4 rings (SSSR count). The number of nitrogens with one attached hydrogen (secondary N) is 1. The minimum absolute atomic E-state index is 0.329. The highest BCUT2D eigenvalue weighted by Gasteiger charge is 2.27. The predicted molar refractivity (Wildman–Crippen MR) is 81.4 cm³/mol. The second-order valence-electron chi connectivity index (χ2n) is 5.82. The molecule has 0 aromatic heterocycles. The van der Waals surface area contributed by atoms with Crippen LogP contribution >= 0.6 is 0 Å². The van der Waals surface area contributed by atoms with Crippen LogP contribution in [0.3, 0.4) is 0 Å². The van der Waals surface area contributed by atoms with E-state index in [1.807, 2.05) is 0 Å². The zero-order valence-corrected chi connectivity index (χ0v) is 11.5. The molecule has 0 spiro atoms. The standard InChI is InChI=1S/C18H19NO/c1-3-7-17-13(5-1)9-10-15(19-17)12-16-11-14-6-2-4-8-18(14)20-16/h1-8,15-16,19H,9-12H2. The van der Waals surface area contributed by atoms with Crippen molar-refractivity contribution in [1.29, 1.82) is 0 Å². The molecule has 1 N–H and O–H groups in total. The predicted octanol–water partition coefficient (Wildman–Crippen LogP) is 3.81. The van der Waals surface area contributed by atoms with Gasteiger partial charge in [-0.15, -0.1) is 0 Å². The summed E-state index contributed by atoms with van der Waals surface area (Å²) in [6.07, 6.45) is 4.84. The Morgan fingerprint density at radius 3 is 2.70 bits per heavy atom. The van der Waals surface area contributed by atoms with E-state index in [2.05, 4.69) is 53.8 Å². The molecule has 0 bridgehead atoms. The molecular weight excluding hydrogens is 246 g/mol. The summed E-state index contributed by atoms with van der Waals surface area (Å²) in [6.45, 7) is 0. The lowest BCUT2D eigenvalue weighted by Crippen LogP contribution is -2.31. The van der Waals surface area contributed by atoms with Crippen LogP contribution < -0.4 is 10.1 Å². The number of ether oxygens (including phenoxy) is 1. The van der Waals surface area contributed by atoms with E-state index in [4.69, 9.17) is 4.74 Å². The molecule has 2 aliphatic rings. The SMILES string of the molecule is c1ccc2c(c1)CCC(CC1Cc3ccccc3O1)N2. The van der Waals surface area contributed by atoms with E-state index in [1.165, 1.54) is 29.7 Å². The van der Waals surface area contributed by atoms with Crippen LogP contribution in [0.5, 0.6) is 5.75 Å². The maximum Gasteiger partial charge on any atom is 0.123 e. The van der Waals surface area contributed by atoms with Crippen molar-refractivity contribution in [3.05, 3.63) is 59.7 Å². The largest absolute Gasteiger partial charge is 0.490 e. The average molecular weight is 265 g/mol. The van der Waals surface area contributed by atoms with Gasteiger partial charge in [0.1, 0.15) is 11.9 Å². The van der Waals surface area contributed by atoms with Crippen molar-refractivity contribution >= 4 is 5.69 Å². The lowest BCUT2D eigenvalue weighted by molar-refractivity contribution is 0.210. The minimum Gasteiger partial charge on any atom is -0.490 e. The minimum atomic E-state index is 0.329. The van der Waals surface area contributed by atoms with Crippen molar-refractivity contribution in [3.8, 4) is 5.75 Å². The van der Waals surface area contributed by atoms with Gasteiger partial charge in [0, 0.05) is 24.6 Å². The molecule has 0 saturated carbocycles. The van der Waals surface area contributed by atoms with Crippen LogP contribution in [0.25, 0.3) is 0 Å². The Morgan fingerprint density at radius 2 is 1.80 bits per heavy atom. The molecular formula is C18H19NO. The van der Waals surface area contributed by atoms with Crippen molar-refractivity contribution in [2.75, 3.05) is 5.32 Å². The van der Waals surface area contributed by atoms with Gasteiger partial charge in [-0.25, -0.2) is 0 Å². The number of benzene rings is 2. The van der Waals surface area contributed by atoms with E-state index in [0.717, 1.165) is 18.6 Å². The highest BCUT2D eigenvalue weighted by atomic mass is 16.5. The first-order valence-electron chi connectivity index (χ1n) is 7.47. The topological polar surface area (TPSA) is 21.3 Å². The number of fused-ring (bicyclic) bond motifs is 2. The van der Waals surface area contributed by atoms with E-state index >= 15 is 0 Å². The fourth-order valence-electron chi connectivity index (χ4n) is 3.38. The number of anilines is 1. The van der Waals surface area contributed by atoms with Crippen molar-refractivity contribution in [3.63, 3.8) is 0 Å². The summed E-state index contributed by atoms with van der Waals surface area (Å²) in [4.78, 5) is 0. The maximum atomic E-state index is 6.06. The quantitative estimate of drug-likeness (QED) is 0.891. The first-order valence-corrected chi connectivity index (χ1v) is 7.47. The van der Waals surface area contributed by atoms with Crippen LogP contribution in [-0.2, 0) is 12.8 Å². The fraction of sp³-hybridized carbons (Fsp3) is 0.333. The Balaban J connectivity index is 1.43. The van der Waals surface area contributed by atoms with Gasteiger partial charge in [0.15, 0.2) is 0 Å². The van der Waals surface area contributed by atoms with E-state index < -0.39 is 0 Å². The number of hydrogen-bond donors (Lipinski definition) is 1. The van der Waals surface area contributed by atoms with Gasteiger partial charge in [0.05, 0.1) is 0 Å². The van der Waals surface area contributed by atoms with Gasteiger partial charge in [-0.1, -0.05) is 36.4 Å². The van der Waals surface area contributed by atoms with Crippen LogP contribution in [0.15, 0.2) is 48.5 Å². The Kier molecular flexibility index (Phi) is 2.87. The fourth-order valence-corrected chi connectivity index (χ4v) is 3.38. The zero-order chi connectivity index (χ0) is 13.4. The van der Waals surface area contributed by atoms with Gasteiger partial charge in [-0.3, -0.25) is 0 Å². The summed E-state index contributed by atoms with van der Waals surface area (Å²) in [6, 6.07) is 17.6. The molecule has 2 aliphatic heterocycles. The molecule has 102 valence electrons. The second kappa shape index (κ2) is 4.86. The maximum absolute atomic E-state index is 6.06. The Morgan fingerprint density at radius 1 is 1.00 bits per heavy atom. The molecule has 2 unspecified atom stereocenters. The van der Waals surface area contributed by atoms with Gasteiger partial charge < -0.3 is 10.1 Å². The van der Waals surface area contributed by atoms with Gasteiger partial charge in [0.2, 0.25) is 0 Å². The van der Waals surface area contributed by atoms with Gasteiger partial charge in [-0.2, -0.15) is 0 Å². The normalized spacial score (nSPS) is 23.4. The molecule has 0 amide bonds. The Labute approximate surface area is 119 Å². The number of rotatable bonds is 2. The lowest BCUT2D eigenvalue weighted by atomic mass is 9.93. The lowest BCUT2D eigenvalue weighted by Gasteiger charge is -2.28. The highest BCUT2D eigenvalue weighted by Crippen LogP contribution is 2.32. The van der Waals surface area contributed by atoms with Gasteiger partial charge >= 0.3 is 0 Å². The number of para-hydroxylation sites is 2. The third kappa shape index (κ3) is 2.15. The van der Waals surface area contributed by atoms with Crippen molar-refractivity contribution < 1.29 is 4.74 Å². The second-order valence-corrected chi connectivity index (χ2v) is 5.82. The van der Waals surface area contributed by atoms with Crippen LogP contribution in [0.2, 0.25) is 0 Å². The Hall–Kier alpha value is -1.96. The molecule has 2 aromatic rings. The molecule has 0 fully saturated rings. The monoisotopic (exact) mass is 265 g/mol. The first kappa shape index (κ1) is 11.8. The molecule has 0 saturated heterocycles. The van der Waals surface area contributed by atoms with E-state index in [1.54, 1.807) is 0 Å². The van der Waals surface area contributed by atoms with Gasteiger partial charge in [-0.05, 0) is 36.1 Å². The van der Waals surface area contributed by atoms with E-state index in [0.29, 0.717) is 12.1 Å². The number of hydrogen-bond acceptors (Lipinski definition) is 2. The summed E-state index contributed by atoms with van der Waals surface area (Å²) in [5.74, 6) is 1.08. The summed E-state index contributed by atoms with van der Waals surface area (Å²) < 4.78 is 6.06.